The van der Waals surface area contributed by atoms with E-state index in [9.17, 15) is 0 Å². The number of hydrogen-bond acceptors (Lipinski definition) is 5. The molecule has 0 saturated carbocycles. The fourth-order valence-corrected chi connectivity index (χ4v) is 2.86. The molecule has 2 N–H and O–H groups in total. The second kappa shape index (κ2) is 5.51. The lowest BCUT2D eigenvalue weighted by atomic mass is 9.78. The van der Waals surface area contributed by atoms with Crippen LogP contribution in [-0.4, -0.2) is 42.4 Å². The van der Waals surface area contributed by atoms with Gasteiger partial charge in [0.05, 0.1) is 11.2 Å². The molecule has 0 aromatic carbocycles. The van der Waals surface area contributed by atoms with Crippen molar-refractivity contribution in [2.75, 3.05) is 18.4 Å². The highest BCUT2D eigenvalue weighted by Crippen LogP contribution is 2.36. The molecule has 2 aliphatic rings. The van der Waals surface area contributed by atoms with Crippen LogP contribution in [0.5, 0.6) is 0 Å². The van der Waals surface area contributed by atoms with Gasteiger partial charge in [0.15, 0.2) is 0 Å². The quantitative estimate of drug-likeness (QED) is 0.828. The summed E-state index contributed by atoms with van der Waals surface area (Å²) in [7, 11) is -0.348. The monoisotopic (exact) mass is 303 g/mol. The average Bonchev–Trinajstić information content (AvgIpc) is 2.96. The van der Waals surface area contributed by atoms with E-state index in [1.54, 1.807) is 0 Å². The third-order valence-electron chi connectivity index (χ3n) is 5.05. The van der Waals surface area contributed by atoms with Crippen LogP contribution < -0.4 is 16.1 Å². The van der Waals surface area contributed by atoms with Crippen molar-refractivity contribution >= 4 is 18.4 Å². The first-order valence-electron chi connectivity index (χ1n) is 8.09. The Balaban J connectivity index is 1.75. The van der Waals surface area contributed by atoms with E-state index in [1.807, 2.05) is 13.0 Å². The van der Waals surface area contributed by atoms with Gasteiger partial charge in [-0.05, 0) is 53.7 Å². The SMILES string of the molecule is Cc1nc(N[C@H]2CCNC2)ccc1B1OC(C)(C)C(C)(C)O1. The third-order valence-corrected chi connectivity index (χ3v) is 5.05. The Kier molecular flexibility index (Phi) is 3.95. The Hall–Kier alpha value is -1.11. The summed E-state index contributed by atoms with van der Waals surface area (Å²) in [6.45, 7) is 12.4. The lowest BCUT2D eigenvalue weighted by molar-refractivity contribution is 0.00578. The molecule has 0 bridgehead atoms. The van der Waals surface area contributed by atoms with Crippen LogP contribution in [-0.2, 0) is 9.31 Å². The van der Waals surface area contributed by atoms with Crippen molar-refractivity contribution in [3.05, 3.63) is 17.8 Å². The van der Waals surface area contributed by atoms with E-state index >= 15 is 0 Å². The molecule has 1 aromatic rings. The van der Waals surface area contributed by atoms with Crippen LogP contribution >= 0.6 is 0 Å². The Morgan fingerprint density at radius 1 is 1.23 bits per heavy atom. The van der Waals surface area contributed by atoms with Crippen molar-refractivity contribution < 1.29 is 9.31 Å². The molecule has 0 unspecified atom stereocenters. The van der Waals surface area contributed by atoms with E-state index in [0.717, 1.165) is 36.5 Å². The van der Waals surface area contributed by atoms with E-state index in [0.29, 0.717) is 6.04 Å². The second-order valence-electron chi connectivity index (χ2n) is 7.29. The van der Waals surface area contributed by atoms with Crippen LogP contribution in [0.1, 0.15) is 39.8 Å². The molecule has 120 valence electrons. The topological polar surface area (TPSA) is 55.4 Å². The van der Waals surface area contributed by atoms with Gasteiger partial charge in [-0.1, -0.05) is 6.07 Å². The Labute approximate surface area is 133 Å². The van der Waals surface area contributed by atoms with Crippen molar-refractivity contribution in [1.29, 1.82) is 0 Å². The molecule has 3 rings (SSSR count). The van der Waals surface area contributed by atoms with Crippen LogP contribution in [0.15, 0.2) is 12.1 Å². The van der Waals surface area contributed by atoms with Gasteiger partial charge in [-0.15, -0.1) is 0 Å². The smallest absolute Gasteiger partial charge is 0.399 e. The summed E-state index contributed by atoms with van der Waals surface area (Å²) in [6, 6.07) is 4.55. The van der Waals surface area contributed by atoms with Gasteiger partial charge >= 0.3 is 7.12 Å². The van der Waals surface area contributed by atoms with Gasteiger partial charge < -0.3 is 19.9 Å². The molecule has 0 radical (unpaired) electrons. The summed E-state index contributed by atoms with van der Waals surface area (Å²) >= 11 is 0. The van der Waals surface area contributed by atoms with Crippen molar-refractivity contribution in [3.63, 3.8) is 0 Å². The zero-order chi connectivity index (χ0) is 16.0. The fraction of sp³-hybridized carbons (Fsp3) is 0.688. The summed E-state index contributed by atoms with van der Waals surface area (Å²) in [5.74, 6) is 0.923. The number of hydrogen-bond donors (Lipinski definition) is 2. The van der Waals surface area contributed by atoms with Crippen LogP contribution in [0.4, 0.5) is 5.82 Å². The standard InChI is InChI=1S/C16H26BN3O2/c1-11-13(17-21-15(2,3)16(4,5)22-17)6-7-14(19-11)20-12-8-9-18-10-12/h6-7,12,18H,8-10H2,1-5H3,(H,19,20)/t12-/m0/s1. The average molecular weight is 303 g/mol. The number of nitrogens with one attached hydrogen (secondary N) is 2. The normalized spacial score (nSPS) is 26.4. The second-order valence-corrected chi connectivity index (χ2v) is 7.29. The highest BCUT2D eigenvalue weighted by atomic mass is 16.7. The molecule has 0 amide bonds. The molecule has 22 heavy (non-hydrogen) atoms. The first-order valence-corrected chi connectivity index (χ1v) is 8.09. The summed E-state index contributed by atoms with van der Waals surface area (Å²) in [4.78, 5) is 4.68. The van der Waals surface area contributed by atoms with Gasteiger partial charge in [-0.2, -0.15) is 0 Å². The molecule has 3 heterocycles. The number of aryl methyl sites for hydroxylation is 1. The minimum atomic E-state index is -0.348. The van der Waals surface area contributed by atoms with Gasteiger partial charge in [-0.25, -0.2) is 4.98 Å². The molecule has 0 aliphatic carbocycles. The summed E-state index contributed by atoms with van der Waals surface area (Å²) in [5.41, 5.74) is 1.32. The van der Waals surface area contributed by atoms with Crippen LogP contribution in [0, 0.1) is 6.92 Å². The first kappa shape index (κ1) is 15.8. The number of pyridine rings is 1. The molecular weight excluding hydrogens is 277 g/mol. The van der Waals surface area contributed by atoms with E-state index in [1.165, 1.54) is 0 Å². The predicted octanol–water partition coefficient (Wildman–Crippen LogP) is 1.46. The summed E-state index contributed by atoms with van der Waals surface area (Å²) in [5, 5.41) is 6.83. The van der Waals surface area contributed by atoms with E-state index in [2.05, 4.69) is 49.4 Å². The summed E-state index contributed by atoms with van der Waals surface area (Å²) in [6.07, 6.45) is 1.14. The van der Waals surface area contributed by atoms with Crippen LogP contribution in [0.3, 0.4) is 0 Å². The van der Waals surface area contributed by atoms with Crippen molar-refractivity contribution in [2.45, 2.75) is 58.3 Å². The maximum Gasteiger partial charge on any atom is 0.496 e. The van der Waals surface area contributed by atoms with Crippen LogP contribution in [0.2, 0.25) is 0 Å². The Bertz CT molecular complexity index is 540. The van der Waals surface area contributed by atoms with Gasteiger partial charge in [0, 0.05) is 23.7 Å². The molecule has 5 nitrogen and oxygen atoms in total. The third kappa shape index (κ3) is 2.87. The lowest BCUT2D eigenvalue weighted by Gasteiger charge is -2.32. The van der Waals surface area contributed by atoms with E-state index in [-0.39, 0.29) is 18.3 Å². The molecule has 0 spiro atoms. The van der Waals surface area contributed by atoms with E-state index < -0.39 is 0 Å². The molecule has 6 heteroatoms. The number of rotatable bonds is 3. The van der Waals surface area contributed by atoms with Gasteiger partial charge in [0.1, 0.15) is 5.82 Å². The largest absolute Gasteiger partial charge is 0.496 e. The predicted molar refractivity (Wildman–Crippen MR) is 89.6 cm³/mol. The van der Waals surface area contributed by atoms with Crippen molar-refractivity contribution in [2.24, 2.45) is 0 Å². The zero-order valence-electron chi connectivity index (χ0n) is 14.2. The van der Waals surface area contributed by atoms with Gasteiger partial charge in [0.25, 0.3) is 0 Å². The van der Waals surface area contributed by atoms with Crippen molar-refractivity contribution in [1.82, 2.24) is 10.3 Å². The molecule has 1 aromatic heterocycles. The Morgan fingerprint density at radius 3 is 2.45 bits per heavy atom. The molecular formula is C16H26BN3O2. The number of aromatic nitrogens is 1. The molecule has 1 atom stereocenters. The maximum atomic E-state index is 6.11. The molecule has 2 saturated heterocycles. The fourth-order valence-electron chi connectivity index (χ4n) is 2.86. The minimum absolute atomic E-state index is 0.323. The minimum Gasteiger partial charge on any atom is -0.399 e. The van der Waals surface area contributed by atoms with E-state index in [4.69, 9.17) is 9.31 Å². The Morgan fingerprint density at radius 2 is 1.91 bits per heavy atom. The number of nitrogens with zero attached hydrogens (tertiary/aromatic N) is 1. The van der Waals surface area contributed by atoms with Gasteiger partial charge in [-0.3, -0.25) is 0 Å². The molecule has 2 fully saturated rings. The highest BCUT2D eigenvalue weighted by molar-refractivity contribution is 6.62. The van der Waals surface area contributed by atoms with Crippen LogP contribution in [0.25, 0.3) is 0 Å². The number of anilines is 1. The summed E-state index contributed by atoms with van der Waals surface area (Å²) < 4.78 is 12.2. The lowest BCUT2D eigenvalue weighted by Crippen LogP contribution is -2.41. The first-order chi connectivity index (χ1) is 10.3. The highest BCUT2D eigenvalue weighted by Gasteiger charge is 2.52. The zero-order valence-corrected chi connectivity index (χ0v) is 14.2. The molecule has 2 aliphatic heterocycles. The van der Waals surface area contributed by atoms with Gasteiger partial charge in [0.2, 0.25) is 0 Å². The maximum absolute atomic E-state index is 6.11. The van der Waals surface area contributed by atoms with Crippen molar-refractivity contribution in [3.8, 4) is 0 Å².